The monoisotopic (exact) mass is 358 g/mol. The summed E-state index contributed by atoms with van der Waals surface area (Å²) >= 11 is 0. The van der Waals surface area contributed by atoms with Gasteiger partial charge in [-0.15, -0.1) is 0 Å². The fourth-order valence-corrected chi connectivity index (χ4v) is 5.05. The van der Waals surface area contributed by atoms with E-state index in [-0.39, 0.29) is 15.1 Å². The van der Waals surface area contributed by atoms with Gasteiger partial charge in [-0.05, 0) is 48.5 Å². The zero-order valence-corrected chi connectivity index (χ0v) is 14.3. The first kappa shape index (κ1) is 16.7. The molecule has 1 unspecified atom stereocenters. The highest BCUT2D eigenvalue weighted by atomic mass is 32.2. The first-order chi connectivity index (χ1) is 11.4. The third-order valence-corrected chi connectivity index (χ3v) is 7.44. The second-order valence-electron chi connectivity index (χ2n) is 5.22. The molecular formula is C18H15O4PS. The Hall–Kier alpha value is -2.20. The molecule has 0 saturated carbocycles. The Morgan fingerprint density at radius 1 is 0.625 bits per heavy atom. The van der Waals surface area contributed by atoms with Crippen molar-refractivity contribution < 1.29 is 17.9 Å². The molecule has 122 valence electrons. The molecule has 0 aliphatic rings. The number of rotatable bonds is 4. The summed E-state index contributed by atoms with van der Waals surface area (Å²) in [6.45, 7) is 0. The third kappa shape index (κ3) is 3.06. The Kier molecular flexibility index (Phi) is 4.41. The summed E-state index contributed by atoms with van der Waals surface area (Å²) < 4.78 is 37.7. The minimum atomic E-state index is -3.74. The highest BCUT2D eigenvalue weighted by Crippen LogP contribution is 2.38. The lowest BCUT2D eigenvalue weighted by Gasteiger charge is -2.13. The van der Waals surface area contributed by atoms with Crippen LogP contribution in [0, 0.1) is 0 Å². The van der Waals surface area contributed by atoms with Gasteiger partial charge in [-0.2, -0.15) is 0 Å². The fourth-order valence-electron chi connectivity index (χ4n) is 2.34. The van der Waals surface area contributed by atoms with Crippen LogP contribution >= 0.6 is 7.37 Å². The average Bonchev–Trinajstić information content (AvgIpc) is 2.63. The van der Waals surface area contributed by atoms with E-state index in [0.29, 0.717) is 5.30 Å². The van der Waals surface area contributed by atoms with Gasteiger partial charge in [-0.3, -0.25) is 4.57 Å². The number of hydrogen-bond acceptors (Lipinski definition) is 3. The molecule has 3 aromatic carbocycles. The van der Waals surface area contributed by atoms with Gasteiger partial charge in [-0.25, -0.2) is 8.42 Å². The molecule has 0 saturated heterocycles. The Bertz CT molecular complexity index is 982. The predicted molar refractivity (Wildman–Crippen MR) is 93.9 cm³/mol. The van der Waals surface area contributed by atoms with Crippen molar-refractivity contribution in [2.45, 2.75) is 9.79 Å². The summed E-state index contributed by atoms with van der Waals surface area (Å²) in [6.07, 6.45) is 0. The van der Waals surface area contributed by atoms with Crippen molar-refractivity contribution in [3.05, 3.63) is 84.9 Å². The fraction of sp³-hybridized carbons (Fsp3) is 0. The van der Waals surface area contributed by atoms with Crippen LogP contribution in [-0.4, -0.2) is 13.3 Å². The molecule has 1 N–H and O–H groups in total. The summed E-state index contributed by atoms with van der Waals surface area (Å²) in [5, 5.41) is 0.504. The SMILES string of the molecule is O=P(O)(c1ccccc1)c1ccc(S(=O)(=O)c2ccccc2)cc1. The van der Waals surface area contributed by atoms with Crippen molar-refractivity contribution in [1.82, 2.24) is 0 Å². The van der Waals surface area contributed by atoms with Crippen LogP contribution in [0.5, 0.6) is 0 Å². The summed E-state index contributed by atoms with van der Waals surface area (Å²) in [5.41, 5.74) is 0. The molecule has 3 aromatic rings. The molecule has 0 aliphatic heterocycles. The van der Waals surface area contributed by atoms with Crippen LogP contribution in [0.25, 0.3) is 0 Å². The second kappa shape index (κ2) is 6.36. The van der Waals surface area contributed by atoms with Crippen molar-refractivity contribution in [2.24, 2.45) is 0 Å². The molecule has 24 heavy (non-hydrogen) atoms. The zero-order chi connectivity index (χ0) is 17.2. The summed E-state index contributed by atoms with van der Waals surface area (Å²) in [5.74, 6) is 0. The molecule has 3 rings (SSSR count). The van der Waals surface area contributed by atoms with Crippen molar-refractivity contribution in [3.8, 4) is 0 Å². The molecule has 1 atom stereocenters. The van der Waals surface area contributed by atoms with Crippen LogP contribution in [0.3, 0.4) is 0 Å². The van der Waals surface area contributed by atoms with Gasteiger partial charge >= 0.3 is 0 Å². The lowest BCUT2D eigenvalue weighted by atomic mass is 10.4. The summed E-state index contributed by atoms with van der Waals surface area (Å²) in [7, 11) is -7.37. The van der Waals surface area contributed by atoms with E-state index >= 15 is 0 Å². The molecule has 0 amide bonds. The number of hydrogen-bond donors (Lipinski definition) is 1. The van der Waals surface area contributed by atoms with Gasteiger partial charge < -0.3 is 4.89 Å². The van der Waals surface area contributed by atoms with Gasteiger partial charge in [0.25, 0.3) is 7.37 Å². The van der Waals surface area contributed by atoms with Gasteiger partial charge in [-0.1, -0.05) is 36.4 Å². The smallest absolute Gasteiger partial charge is 0.258 e. The van der Waals surface area contributed by atoms with Gasteiger partial charge in [0.15, 0.2) is 0 Å². The summed E-state index contributed by atoms with van der Waals surface area (Å²) in [4.78, 5) is 10.7. The van der Waals surface area contributed by atoms with E-state index in [9.17, 15) is 17.9 Å². The van der Waals surface area contributed by atoms with Crippen molar-refractivity contribution in [2.75, 3.05) is 0 Å². The Morgan fingerprint density at radius 2 is 1.04 bits per heavy atom. The maximum absolute atomic E-state index is 12.7. The van der Waals surface area contributed by atoms with Gasteiger partial charge in [0.2, 0.25) is 9.84 Å². The van der Waals surface area contributed by atoms with E-state index in [1.807, 2.05) is 0 Å². The van der Waals surface area contributed by atoms with Crippen LogP contribution < -0.4 is 10.6 Å². The molecule has 6 heteroatoms. The van der Waals surface area contributed by atoms with E-state index in [4.69, 9.17) is 0 Å². The maximum atomic E-state index is 12.7. The number of benzene rings is 3. The van der Waals surface area contributed by atoms with Gasteiger partial charge in [0.1, 0.15) is 0 Å². The summed E-state index contributed by atoms with van der Waals surface area (Å²) in [6, 6.07) is 21.9. The minimum Gasteiger partial charge on any atom is -0.338 e. The second-order valence-corrected chi connectivity index (χ2v) is 9.36. The lowest BCUT2D eigenvalue weighted by Crippen LogP contribution is -2.15. The molecule has 0 heterocycles. The first-order valence-electron chi connectivity index (χ1n) is 7.21. The van der Waals surface area contributed by atoms with Crippen molar-refractivity contribution in [1.29, 1.82) is 0 Å². The van der Waals surface area contributed by atoms with Crippen LogP contribution in [-0.2, 0) is 14.4 Å². The van der Waals surface area contributed by atoms with E-state index in [1.165, 1.54) is 36.4 Å². The van der Waals surface area contributed by atoms with E-state index < -0.39 is 17.2 Å². The molecule has 4 nitrogen and oxygen atoms in total. The topological polar surface area (TPSA) is 71.4 Å². The normalized spacial score (nSPS) is 14.0. The number of sulfone groups is 1. The van der Waals surface area contributed by atoms with Crippen molar-refractivity contribution >= 4 is 27.8 Å². The third-order valence-electron chi connectivity index (χ3n) is 3.66. The molecule has 0 aromatic heterocycles. The Morgan fingerprint density at radius 3 is 1.58 bits per heavy atom. The average molecular weight is 358 g/mol. The standard InChI is InChI=1S/C18H15O4PS/c19-23(20,15-7-3-1-4-8-15)16-11-13-18(14-12-16)24(21,22)17-9-5-2-6-10-17/h1-14H,(H,19,20). The minimum absolute atomic E-state index is 0.0884. The maximum Gasteiger partial charge on any atom is 0.258 e. The predicted octanol–water partition coefficient (Wildman–Crippen LogP) is 2.74. The highest BCUT2D eigenvalue weighted by Gasteiger charge is 2.25. The molecule has 0 radical (unpaired) electrons. The van der Waals surface area contributed by atoms with E-state index in [2.05, 4.69) is 0 Å². The molecule has 0 aliphatic carbocycles. The van der Waals surface area contributed by atoms with Crippen LogP contribution in [0.15, 0.2) is 94.7 Å². The largest absolute Gasteiger partial charge is 0.338 e. The lowest BCUT2D eigenvalue weighted by molar-refractivity contribution is 0.501. The van der Waals surface area contributed by atoms with Crippen molar-refractivity contribution in [3.63, 3.8) is 0 Å². The first-order valence-corrected chi connectivity index (χ1v) is 10.4. The van der Waals surface area contributed by atoms with E-state index in [0.717, 1.165) is 0 Å². The Labute approximate surface area is 140 Å². The van der Waals surface area contributed by atoms with E-state index in [1.54, 1.807) is 48.5 Å². The highest BCUT2D eigenvalue weighted by molar-refractivity contribution is 7.91. The Balaban J connectivity index is 1.99. The molecule has 0 spiro atoms. The molecule has 0 fully saturated rings. The van der Waals surface area contributed by atoms with Gasteiger partial charge in [0, 0.05) is 10.6 Å². The van der Waals surface area contributed by atoms with Crippen LogP contribution in [0.2, 0.25) is 0 Å². The van der Waals surface area contributed by atoms with Crippen LogP contribution in [0.4, 0.5) is 0 Å². The molecular weight excluding hydrogens is 343 g/mol. The van der Waals surface area contributed by atoms with Crippen LogP contribution in [0.1, 0.15) is 0 Å². The zero-order valence-electron chi connectivity index (χ0n) is 12.6. The quantitative estimate of drug-likeness (QED) is 0.728. The molecule has 0 bridgehead atoms. The van der Waals surface area contributed by atoms with Gasteiger partial charge in [0.05, 0.1) is 9.79 Å².